The molecule has 58 valence electrons. The smallest absolute Gasteiger partial charge is 0.0296 e. The average Bonchev–Trinajstić information content (AvgIpc) is 1.87. The van der Waals surface area contributed by atoms with Crippen molar-refractivity contribution in [1.29, 1.82) is 0 Å². The molecule has 0 spiro atoms. The molecule has 1 heteroatoms. The zero-order valence-corrected chi connectivity index (χ0v) is 7.15. The number of nitrogens with one attached hydrogen (secondary N) is 1. The number of hydrogen-bond acceptors (Lipinski definition) is 1. The van der Waals surface area contributed by atoms with E-state index in [0.717, 1.165) is 13.1 Å². The zero-order chi connectivity index (χ0) is 7.98. The third kappa shape index (κ3) is 5.65. The van der Waals surface area contributed by atoms with Crippen LogP contribution in [0.15, 0.2) is 0 Å². The van der Waals surface area contributed by atoms with Gasteiger partial charge >= 0.3 is 0 Å². The molecule has 0 unspecified atom stereocenters. The summed E-state index contributed by atoms with van der Waals surface area (Å²) in [6.45, 7) is 8.43. The van der Waals surface area contributed by atoms with E-state index in [1.165, 1.54) is 0 Å². The van der Waals surface area contributed by atoms with Gasteiger partial charge < -0.3 is 5.32 Å². The Balaban J connectivity index is 3.13. The third-order valence-electron chi connectivity index (χ3n) is 1.29. The molecule has 0 radical (unpaired) electrons. The topological polar surface area (TPSA) is 12.0 Å². The number of terminal acetylenes is 1. The van der Waals surface area contributed by atoms with E-state index in [4.69, 9.17) is 6.42 Å². The van der Waals surface area contributed by atoms with Gasteiger partial charge in [0.15, 0.2) is 0 Å². The Morgan fingerprint density at radius 1 is 1.30 bits per heavy atom. The molecule has 0 fully saturated rings. The van der Waals surface area contributed by atoms with Crippen molar-refractivity contribution in [3.8, 4) is 12.3 Å². The van der Waals surface area contributed by atoms with Crippen molar-refractivity contribution in [2.75, 3.05) is 13.1 Å². The van der Waals surface area contributed by atoms with E-state index < -0.39 is 0 Å². The Kier molecular flexibility index (Phi) is 5.06. The summed E-state index contributed by atoms with van der Waals surface area (Å²) in [6, 6.07) is 0. The summed E-state index contributed by atoms with van der Waals surface area (Å²) in [6.07, 6.45) is 5.20. The second-order valence-electron chi connectivity index (χ2n) is 3.12. The minimum Gasteiger partial charge on any atom is -0.315 e. The fourth-order valence-electron chi connectivity index (χ4n) is 0.647. The number of rotatable bonds is 4. The second kappa shape index (κ2) is 5.32. The zero-order valence-electron chi connectivity index (χ0n) is 7.15. The third-order valence-corrected chi connectivity index (χ3v) is 1.29. The summed E-state index contributed by atoms with van der Waals surface area (Å²) < 4.78 is 0. The van der Waals surface area contributed by atoms with Crippen LogP contribution < -0.4 is 5.32 Å². The van der Waals surface area contributed by atoms with Gasteiger partial charge in [-0.3, -0.25) is 0 Å². The maximum absolute atomic E-state index is 5.20. The minimum atomic E-state index is 0.360. The first-order valence-electron chi connectivity index (χ1n) is 3.83. The van der Waals surface area contributed by atoms with Gasteiger partial charge in [-0.25, -0.2) is 0 Å². The molecule has 0 aliphatic carbocycles. The van der Waals surface area contributed by atoms with Gasteiger partial charge in [-0.05, 0) is 12.5 Å². The fraction of sp³-hybridized carbons (Fsp3) is 0.778. The van der Waals surface area contributed by atoms with Crippen LogP contribution in [-0.4, -0.2) is 13.1 Å². The van der Waals surface area contributed by atoms with E-state index >= 15 is 0 Å². The van der Waals surface area contributed by atoms with Gasteiger partial charge in [-0.1, -0.05) is 20.8 Å². The van der Waals surface area contributed by atoms with E-state index in [1.807, 2.05) is 6.92 Å². The molecule has 0 aliphatic rings. The first-order valence-corrected chi connectivity index (χ1v) is 3.83. The first-order chi connectivity index (χ1) is 4.66. The average molecular weight is 139 g/mol. The lowest BCUT2D eigenvalue weighted by atomic mass is 10.2. The normalized spacial score (nSPS) is 13.1. The highest BCUT2D eigenvalue weighted by atomic mass is 14.9. The summed E-state index contributed by atoms with van der Waals surface area (Å²) in [5.41, 5.74) is 0. The van der Waals surface area contributed by atoms with Crippen LogP contribution in [0.1, 0.15) is 20.8 Å². The van der Waals surface area contributed by atoms with Crippen LogP contribution >= 0.6 is 0 Å². The highest BCUT2D eigenvalue weighted by Crippen LogP contribution is 1.90. The molecular formula is C9H17N. The molecule has 0 saturated carbocycles. The van der Waals surface area contributed by atoms with Crippen LogP contribution in [0.5, 0.6) is 0 Å². The van der Waals surface area contributed by atoms with Crippen molar-refractivity contribution in [1.82, 2.24) is 5.32 Å². The maximum Gasteiger partial charge on any atom is 0.0296 e. The molecule has 0 aromatic carbocycles. The Morgan fingerprint density at radius 2 is 1.90 bits per heavy atom. The van der Waals surface area contributed by atoms with Gasteiger partial charge in [0.05, 0.1) is 0 Å². The van der Waals surface area contributed by atoms with Crippen molar-refractivity contribution in [3.05, 3.63) is 0 Å². The van der Waals surface area contributed by atoms with Gasteiger partial charge in [-0.15, -0.1) is 12.3 Å². The van der Waals surface area contributed by atoms with Crippen molar-refractivity contribution >= 4 is 0 Å². The van der Waals surface area contributed by atoms with E-state index in [9.17, 15) is 0 Å². The van der Waals surface area contributed by atoms with Crippen molar-refractivity contribution in [3.63, 3.8) is 0 Å². The lowest BCUT2D eigenvalue weighted by molar-refractivity contribution is 0.524. The molecule has 1 N–H and O–H groups in total. The van der Waals surface area contributed by atoms with Crippen molar-refractivity contribution in [2.45, 2.75) is 20.8 Å². The monoisotopic (exact) mass is 139 g/mol. The van der Waals surface area contributed by atoms with Crippen molar-refractivity contribution in [2.24, 2.45) is 11.8 Å². The van der Waals surface area contributed by atoms with Crippen LogP contribution in [0.4, 0.5) is 0 Å². The number of hydrogen-bond donors (Lipinski definition) is 1. The Hall–Kier alpha value is -0.480. The summed E-state index contributed by atoms with van der Waals surface area (Å²) in [7, 11) is 0. The summed E-state index contributed by atoms with van der Waals surface area (Å²) in [5, 5.41) is 3.29. The lowest BCUT2D eigenvalue weighted by Gasteiger charge is -2.08. The van der Waals surface area contributed by atoms with E-state index in [2.05, 4.69) is 25.1 Å². The lowest BCUT2D eigenvalue weighted by Crippen LogP contribution is -2.24. The highest BCUT2D eigenvalue weighted by molar-refractivity contribution is 4.91. The quantitative estimate of drug-likeness (QED) is 0.582. The summed E-state index contributed by atoms with van der Waals surface area (Å²) >= 11 is 0. The van der Waals surface area contributed by atoms with Crippen LogP contribution in [0.2, 0.25) is 0 Å². The Morgan fingerprint density at radius 3 is 2.30 bits per heavy atom. The predicted molar refractivity (Wildman–Crippen MR) is 45.7 cm³/mol. The Labute approximate surface area is 64.2 Å². The first kappa shape index (κ1) is 9.52. The largest absolute Gasteiger partial charge is 0.315 e. The molecule has 0 heterocycles. The molecule has 0 rings (SSSR count). The molecule has 1 atom stereocenters. The highest BCUT2D eigenvalue weighted by Gasteiger charge is 1.96. The maximum atomic E-state index is 5.20. The van der Waals surface area contributed by atoms with Crippen molar-refractivity contribution < 1.29 is 0 Å². The molecule has 10 heavy (non-hydrogen) atoms. The second-order valence-corrected chi connectivity index (χ2v) is 3.12. The SMILES string of the molecule is C#C[C@@H](C)CNCC(C)C. The van der Waals surface area contributed by atoms with E-state index in [1.54, 1.807) is 0 Å². The molecule has 0 aromatic rings. The van der Waals surface area contributed by atoms with E-state index in [0.29, 0.717) is 11.8 Å². The van der Waals surface area contributed by atoms with Gasteiger partial charge in [0.1, 0.15) is 0 Å². The standard InChI is InChI=1S/C9H17N/c1-5-9(4)7-10-6-8(2)3/h1,8-10H,6-7H2,2-4H3/t9-/m1/s1. The Bertz CT molecular complexity index is 110. The van der Waals surface area contributed by atoms with Crippen LogP contribution in [0.25, 0.3) is 0 Å². The van der Waals surface area contributed by atoms with Crippen LogP contribution in [-0.2, 0) is 0 Å². The molecular weight excluding hydrogens is 122 g/mol. The van der Waals surface area contributed by atoms with Crippen LogP contribution in [0.3, 0.4) is 0 Å². The molecule has 0 amide bonds. The molecule has 1 nitrogen and oxygen atoms in total. The van der Waals surface area contributed by atoms with Gasteiger partial charge in [0.2, 0.25) is 0 Å². The summed E-state index contributed by atoms with van der Waals surface area (Å²) in [5.74, 6) is 3.75. The minimum absolute atomic E-state index is 0.360. The molecule has 0 aliphatic heterocycles. The fourth-order valence-corrected chi connectivity index (χ4v) is 0.647. The van der Waals surface area contributed by atoms with Crippen LogP contribution in [0, 0.1) is 24.2 Å². The van der Waals surface area contributed by atoms with E-state index in [-0.39, 0.29) is 0 Å². The molecule has 0 aromatic heterocycles. The molecule has 0 saturated heterocycles. The molecule has 0 bridgehead atoms. The van der Waals surface area contributed by atoms with Gasteiger partial charge in [-0.2, -0.15) is 0 Å². The summed E-state index contributed by atoms with van der Waals surface area (Å²) in [4.78, 5) is 0. The van der Waals surface area contributed by atoms with Gasteiger partial charge in [0, 0.05) is 12.5 Å². The van der Waals surface area contributed by atoms with Gasteiger partial charge in [0.25, 0.3) is 0 Å². The predicted octanol–water partition coefficient (Wildman–Crippen LogP) is 1.50.